The van der Waals surface area contributed by atoms with Gasteiger partial charge in [-0.3, -0.25) is 4.98 Å². The van der Waals surface area contributed by atoms with Gasteiger partial charge in [0.1, 0.15) is 0 Å². The van der Waals surface area contributed by atoms with E-state index in [1.54, 1.807) is 30.5 Å². The Labute approximate surface area is 172 Å². The second kappa shape index (κ2) is 10.0. The van der Waals surface area contributed by atoms with Crippen LogP contribution >= 0.6 is 0 Å². The van der Waals surface area contributed by atoms with Crippen LogP contribution in [0.5, 0.6) is 0 Å². The highest BCUT2D eigenvalue weighted by atomic mass is 16.5. The van der Waals surface area contributed by atoms with Crippen LogP contribution in [0.1, 0.15) is 77.6 Å². The third-order valence-corrected chi connectivity index (χ3v) is 4.74. The first-order chi connectivity index (χ1) is 13.8. The molecule has 1 aromatic carbocycles. The van der Waals surface area contributed by atoms with Crippen LogP contribution in [-0.2, 0) is 16.6 Å². The first-order valence-corrected chi connectivity index (χ1v) is 9.86. The number of unbranched alkanes of at least 4 members (excludes halogenated alkanes) is 2. The van der Waals surface area contributed by atoms with Crippen LogP contribution in [0.15, 0.2) is 43.1 Å². The van der Waals surface area contributed by atoms with Crippen molar-refractivity contribution in [2.75, 3.05) is 6.61 Å². The maximum absolute atomic E-state index is 11.9. The molecule has 0 amide bonds. The maximum Gasteiger partial charge on any atom is 0.338 e. The van der Waals surface area contributed by atoms with Gasteiger partial charge in [-0.15, -0.1) is 0 Å². The van der Waals surface area contributed by atoms with Gasteiger partial charge in [0.2, 0.25) is 0 Å². The molecule has 0 fully saturated rings. The van der Waals surface area contributed by atoms with Crippen molar-refractivity contribution in [2.45, 2.75) is 51.9 Å². The van der Waals surface area contributed by atoms with Crippen molar-refractivity contribution in [2.24, 2.45) is 0 Å². The van der Waals surface area contributed by atoms with Gasteiger partial charge in [-0.05, 0) is 60.4 Å². The Kier molecular flexibility index (Phi) is 7.71. The van der Waals surface area contributed by atoms with Gasteiger partial charge in [-0.25, -0.2) is 9.59 Å². The van der Waals surface area contributed by atoms with Crippen LogP contribution in [0, 0.1) is 0 Å². The van der Waals surface area contributed by atoms with E-state index in [4.69, 9.17) is 4.74 Å². The lowest BCUT2D eigenvalue weighted by Gasteiger charge is -2.24. The molecule has 1 aromatic heterocycles. The standard InChI is InChI=1S/C24H29NO4/c1-5-20-21(22(26)27)18(19(16-25-20)24(2,3)4)14-10-7-11-15-29-23(28)17-12-8-6-9-13-17/h5-6,8-9,12-13,16H,1,7,10-11,14-15H2,2-4H3,(H,26,27). The molecule has 0 bridgehead atoms. The summed E-state index contributed by atoms with van der Waals surface area (Å²) in [7, 11) is 0. The fourth-order valence-corrected chi connectivity index (χ4v) is 3.27. The summed E-state index contributed by atoms with van der Waals surface area (Å²) < 4.78 is 5.30. The summed E-state index contributed by atoms with van der Waals surface area (Å²) in [5.74, 6) is -1.30. The van der Waals surface area contributed by atoms with Gasteiger partial charge in [0, 0.05) is 6.20 Å². The van der Waals surface area contributed by atoms with E-state index in [9.17, 15) is 14.7 Å². The van der Waals surface area contributed by atoms with E-state index in [-0.39, 0.29) is 16.9 Å². The zero-order valence-electron chi connectivity index (χ0n) is 17.4. The molecule has 0 unspecified atom stereocenters. The van der Waals surface area contributed by atoms with Crippen LogP contribution in [0.3, 0.4) is 0 Å². The van der Waals surface area contributed by atoms with Crippen molar-refractivity contribution >= 4 is 18.0 Å². The number of carbonyl (C=O) groups is 2. The normalized spacial score (nSPS) is 11.1. The van der Waals surface area contributed by atoms with Gasteiger partial charge in [0.25, 0.3) is 0 Å². The van der Waals surface area contributed by atoms with Crippen LogP contribution in [-0.4, -0.2) is 28.6 Å². The van der Waals surface area contributed by atoms with Crippen LogP contribution in [0.25, 0.3) is 6.08 Å². The average molecular weight is 395 g/mol. The molecule has 0 radical (unpaired) electrons. The number of ether oxygens (including phenoxy) is 1. The molecule has 0 aliphatic rings. The lowest BCUT2D eigenvalue weighted by Crippen LogP contribution is -2.19. The minimum absolute atomic E-state index is 0.211. The zero-order valence-corrected chi connectivity index (χ0v) is 17.4. The number of nitrogens with zero attached hydrogens (tertiary/aromatic N) is 1. The van der Waals surface area contributed by atoms with Crippen LogP contribution in [0.2, 0.25) is 0 Å². The predicted octanol–water partition coefficient (Wildman–Crippen LogP) is 5.29. The van der Waals surface area contributed by atoms with Crippen molar-refractivity contribution in [3.63, 3.8) is 0 Å². The Morgan fingerprint density at radius 3 is 2.41 bits per heavy atom. The summed E-state index contributed by atoms with van der Waals surface area (Å²) in [5.41, 5.74) is 2.73. The first-order valence-electron chi connectivity index (χ1n) is 9.86. The molecular formula is C24H29NO4. The number of pyridine rings is 1. The van der Waals surface area contributed by atoms with Gasteiger partial charge in [-0.1, -0.05) is 45.5 Å². The van der Waals surface area contributed by atoms with Crippen molar-refractivity contribution in [3.05, 3.63) is 71.1 Å². The van der Waals surface area contributed by atoms with Crippen molar-refractivity contribution in [3.8, 4) is 0 Å². The topological polar surface area (TPSA) is 76.5 Å². The number of benzene rings is 1. The molecule has 5 heteroatoms. The number of carbonyl (C=O) groups excluding carboxylic acids is 1. The molecule has 29 heavy (non-hydrogen) atoms. The van der Waals surface area contributed by atoms with Crippen LogP contribution in [0.4, 0.5) is 0 Å². The summed E-state index contributed by atoms with van der Waals surface area (Å²) in [6, 6.07) is 8.91. The Morgan fingerprint density at radius 2 is 1.83 bits per heavy atom. The number of aromatic carboxylic acids is 1. The molecule has 2 rings (SSSR count). The lowest BCUT2D eigenvalue weighted by molar-refractivity contribution is 0.0497. The average Bonchev–Trinajstić information content (AvgIpc) is 2.69. The summed E-state index contributed by atoms with van der Waals surface area (Å²) in [6.07, 6.45) is 6.24. The lowest BCUT2D eigenvalue weighted by atomic mass is 9.81. The van der Waals surface area contributed by atoms with E-state index in [0.717, 1.165) is 30.4 Å². The summed E-state index contributed by atoms with van der Waals surface area (Å²) in [5, 5.41) is 9.73. The quantitative estimate of drug-likeness (QED) is 0.461. The number of esters is 1. The van der Waals surface area contributed by atoms with E-state index in [2.05, 4.69) is 32.3 Å². The molecule has 0 saturated heterocycles. The zero-order chi connectivity index (χ0) is 21.4. The Bertz CT molecular complexity index is 866. The summed E-state index contributed by atoms with van der Waals surface area (Å²) in [6.45, 7) is 10.2. The van der Waals surface area contributed by atoms with Crippen molar-refractivity contribution in [1.82, 2.24) is 4.98 Å². The fraction of sp³-hybridized carbons (Fsp3) is 0.375. The summed E-state index contributed by atoms with van der Waals surface area (Å²) >= 11 is 0. The van der Waals surface area contributed by atoms with Gasteiger partial charge in [0.15, 0.2) is 0 Å². The Morgan fingerprint density at radius 1 is 1.14 bits per heavy atom. The minimum Gasteiger partial charge on any atom is -0.478 e. The van der Waals surface area contributed by atoms with Gasteiger partial charge in [0.05, 0.1) is 23.4 Å². The minimum atomic E-state index is -0.981. The molecule has 5 nitrogen and oxygen atoms in total. The summed E-state index contributed by atoms with van der Waals surface area (Å²) in [4.78, 5) is 28.1. The SMILES string of the molecule is C=Cc1ncc(C(C)(C)C)c(CCCCCOC(=O)c2ccccc2)c1C(=O)O. The van der Waals surface area contributed by atoms with Gasteiger partial charge >= 0.3 is 11.9 Å². The molecular weight excluding hydrogens is 366 g/mol. The fourth-order valence-electron chi connectivity index (χ4n) is 3.27. The maximum atomic E-state index is 11.9. The second-order valence-corrected chi connectivity index (χ2v) is 7.98. The van der Waals surface area contributed by atoms with Crippen molar-refractivity contribution in [1.29, 1.82) is 0 Å². The van der Waals surface area contributed by atoms with Crippen molar-refractivity contribution < 1.29 is 19.4 Å². The van der Waals surface area contributed by atoms with E-state index < -0.39 is 5.97 Å². The molecule has 1 heterocycles. The second-order valence-electron chi connectivity index (χ2n) is 7.98. The number of hydrogen-bond acceptors (Lipinski definition) is 4. The first kappa shape index (κ1) is 22.3. The van der Waals surface area contributed by atoms with E-state index in [1.165, 1.54) is 6.08 Å². The Balaban J connectivity index is 1.98. The highest BCUT2D eigenvalue weighted by molar-refractivity contribution is 5.93. The number of hydrogen-bond donors (Lipinski definition) is 1. The predicted molar refractivity (Wildman–Crippen MR) is 114 cm³/mol. The number of rotatable bonds is 9. The molecule has 0 atom stereocenters. The van der Waals surface area contributed by atoms with E-state index in [1.807, 2.05) is 6.07 Å². The smallest absolute Gasteiger partial charge is 0.338 e. The molecule has 0 aliphatic carbocycles. The monoisotopic (exact) mass is 395 g/mol. The molecule has 0 aliphatic heterocycles. The molecule has 2 aromatic rings. The Hall–Kier alpha value is -2.95. The molecule has 1 N–H and O–H groups in total. The number of carboxylic acids is 1. The van der Waals surface area contributed by atoms with Crippen LogP contribution < -0.4 is 0 Å². The molecule has 154 valence electrons. The molecule has 0 spiro atoms. The largest absolute Gasteiger partial charge is 0.478 e. The highest BCUT2D eigenvalue weighted by Crippen LogP contribution is 2.30. The molecule has 0 saturated carbocycles. The number of aromatic nitrogens is 1. The highest BCUT2D eigenvalue weighted by Gasteiger charge is 2.25. The van der Waals surface area contributed by atoms with Gasteiger partial charge < -0.3 is 9.84 Å². The third kappa shape index (κ3) is 6.01. The third-order valence-electron chi connectivity index (χ3n) is 4.74. The van der Waals surface area contributed by atoms with Gasteiger partial charge in [-0.2, -0.15) is 0 Å². The van der Waals surface area contributed by atoms with E-state index in [0.29, 0.717) is 24.3 Å². The van der Waals surface area contributed by atoms with E-state index >= 15 is 0 Å². The number of carboxylic acid groups (broad SMARTS) is 1.